The second-order valence-corrected chi connectivity index (χ2v) is 5.29. The largest absolute Gasteiger partial charge is 0.345 e. The molecule has 21 heavy (non-hydrogen) atoms. The fourth-order valence-corrected chi connectivity index (χ4v) is 2.51. The standard InChI is InChI=1S/C15H20N4O2/c1-8-6-7-12(14(20)16-8)15(21)17-9(2)13-10(3)18-19(5)11(13)4/h6-7,9H,1-5H3,(H,16,20)(H,17,21)/t9-/m1/s1. The number of carbonyl (C=O) groups is 1. The van der Waals surface area contributed by atoms with Crippen molar-refractivity contribution in [2.45, 2.75) is 33.7 Å². The SMILES string of the molecule is Cc1ccc(C(=O)N[C@H](C)c2c(C)nn(C)c2C)c(=O)[nH]1. The molecule has 0 radical (unpaired) electrons. The maximum atomic E-state index is 12.2. The molecule has 0 aliphatic heterocycles. The summed E-state index contributed by atoms with van der Waals surface area (Å²) < 4.78 is 1.78. The smallest absolute Gasteiger partial charge is 0.260 e. The summed E-state index contributed by atoms with van der Waals surface area (Å²) in [5.41, 5.74) is 3.32. The Balaban J connectivity index is 2.25. The lowest BCUT2D eigenvalue weighted by Crippen LogP contribution is -2.32. The number of hydrogen-bond donors (Lipinski definition) is 2. The predicted octanol–water partition coefficient (Wildman–Crippen LogP) is 1.52. The Bertz CT molecular complexity index is 743. The van der Waals surface area contributed by atoms with E-state index in [4.69, 9.17) is 0 Å². The van der Waals surface area contributed by atoms with Crippen LogP contribution in [0.15, 0.2) is 16.9 Å². The first kappa shape index (κ1) is 15.0. The molecule has 0 bridgehead atoms. The van der Waals surface area contributed by atoms with E-state index in [9.17, 15) is 9.59 Å². The zero-order chi connectivity index (χ0) is 15.7. The van der Waals surface area contributed by atoms with Crippen LogP contribution in [0.4, 0.5) is 0 Å². The van der Waals surface area contributed by atoms with Crippen molar-refractivity contribution in [1.29, 1.82) is 0 Å². The van der Waals surface area contributed by atoms with Crippen LogP contribution in [-0.4, -0.2) is 20.7 Å². The number of nitrogens with zero attached hydrogens (tertiary/aromatic N) is 2. The van der Waals surface area contributed by atoms with E-state index in [1.54, 1.807) is 23.7 Å². The van der Waals surface area contributed by atoms with Gasteiger partial charge in [-0.1, -0.05) is 0 Å². The van der Waals surface area contributed by atoms with Crippen LogP contribution >= 0.6 is 0 Å². The van der Waals surface area contributed by atoms with Gasteiger partial charge in [-0.3, -0.25) is 14.3 Å². The molecular formula is C15H20N4O2. The van der Waals surface area contributed by atoms with Crippen molar-refractivity contribution in [1.82, 2.24) is 20.1 Å². The molecule has 0 aromatic carbocycles. The molecule has 6 heteroatoms. The first-order valence-electron chi connectivity index (χ1n) is 6.82. The lowest BCUT2D eigenvalue weighted by atomic mass is 10.1. The molecule has 1 atom stereocenters. The molecule has 0 aliphatic rings. The average Bonchev–Trinajstić information content (AvgIpc) is 2.62. The van der Waals surface area contributed by atoms with Crippen molar-refractivity contribution < 1.29 is 4.79 Å². The second-order valence-electron chi connectivity index (χ2n) is 5.29. The average molecular weight is 288 g/mol. The third kappa shape index (κ3) is 2.89. The molecule has 0 fully saturated rings. The van der Waals surface area contributed by atoms with Gasteiger partial charge >= 0.3 is 0 Å². The minimum atomic E-state index is -0.383. The monoisotopic (exact) mass is 288 g/mol. The van der Waals surface area contributed by atoms with Gasteiger partial charge in [-0.25, -0.2) is 0 Å². The summed E-state index contributed by atoms with van der Waals surface area (Å²) in [4.78, 5) is 26.7. The number of aromatic nitrogens is 3. The van der Waals surface area contributed by atoms with Crippen molar-refractivity contribution in [3.63, 3.8) is 0 Å². The molecule has 1 amide bonds. The third-order valence-electron chi connectivity index (χ3n) is 3.65. The van der Waals surface area contributed by atoms with Crippen LogP contribution in [0.25, 0.3) is 0 Å². The Hall–Kier alpha value is -2.37. The minimum absolute atomic E-state index is 0.117. The Kier molecular flexibility index (Phi) is 3.97. The first-order valence-corrected chi connectivity index (χ1v) is 6.82. The van der Waals surface area contributed by atoms with Gasteiger partial charge in [-0.15, -0.1) is 0 Å². The van der Waals surface area contributed by atoms with Gasteiger partial charge in [0.1, 0.15) is 5.56 Å². The molecule has 2 rings (SSSR count). The van der Waals surface area contributed by atoms with Crippen LogP contribution in [-0.2, 0) is 7.05 Å². The third-order valence-corrected chi connectivity index (χ3v) is 3.65. The number of nitrogens with one attached hydrogen (secondary N) is 2. The lowest BCUT2D eigenvalue weighted by Gasteiger charge is -2.14. The van der Waals surface area contributed by atoms with Crippen LogP contribution in [0.2, 0.25) is 0 Å². The maximum absolute atomic E-state index is 12.2. The molecule has 0 aliphatic carbocycles. The van der Waals surface area contributed by atoms with Gasteiger partial charge in [0.25, 0.3) is 11.5 Å². The molecule has 2 heterocycles. The molecule has 2 N–H and O–H groups in total. The number of aryl methyl sites for hydroxylation is 3. The summed E-state index contributed by atoms with van der Waals surface area (Å²) in [7, 11) is 1.87. The van der Waals surface area contributed by atoms with E-state index in [0.717, 1.165) is 22.6 Å². The normalized spacial score (nSPS) is 12.2. The number of carbonyl (C=O) groups excluding carboxylic acids is 1. The van der Waals surface area contributed by atoms with Crippen LogP contribution in [0.3, 0.4) is 0 Å². The number of aromatic amines is 1. The van der Waals surface area contributed by atoms with E-state index >= 15 is 0 Å². The van der Waals surface area contributed by atoms with Gasteiger partial charge in [-0.05, 0) is 39.8 Å². The molecule has 0 saturated heterocycles. The predicted molar refractivity (Wildman–Crippen MR) is 80.4 cm³/mol. The van der Waals surface area contributed by atoms with E-state index in [1.807, 2.05) is 27.8 Å². The summed E-state index contributed by atoms with van der Waals surface area (Å²) in [6, 6.07) is 3.03. The van der Waals surface area contributed by atoms with Gasteiger partial charge in [0.2, 0.25) is 0 Å². The molecule has 0 spiro atoms. The highest BCUT2D eigenvalue weighted by Gasteiger charge is 2.19. The quantitative estimate of drug-likeness (QED) is 0.898. The van der Waals surface area contributed by atoms with Crippen molar-refractivity contribution in [2.75, 3.05) is 0 Å². The summed E-state index contributed by atoms with van der Waals surface area (Å²) in [5.74, 6) is -0.383. The molecule has 2 aromatic rings. The Morgan fingerprint density at radius 2 is 2.00 bits per heavy atom. The van der Waals surface area contributed by atoms with Gasteiger partial charge in [-0.2, -0.15) is 5.10 Å². The highest BCUT2D eigenvalue weighted by molar-refractivity contribution is 5.94. The molecule has 0 saturated carbocycles. The van der Waals surface area contributed by atoms with Crippen LogP contribution in [0.1, 0.15) is 46.0 Å². The molecule has 112 valence electrons. The van der Waals surface area contributed by atoms with Gasteiger partial charge in [0.05, 0.1) is 11.7 Å². The Morgan fingerprint density at radius 1 is 1.33 bits per heavy atom. The molecule has 2 aromatic heterocycles. The summed E-state index contributed by atoms with van der Waals surface area (Å²) in [6.45, 7) is 7.52. The number of hydrogen-bond acceptors (Lipinski definition) is 3. The fraction of sp³-hybridized carbons (Fsp3) is 0.400. The Morgan fingerprint density at radius 3 is 2.52 bits per heavy atom. The molecule has 0 unspecified atom stereocenters. The fourth-order valence-electron chi connectivity index (χ4n) is 2.51. The highest BCUT2D eigenvalue weighted by atomic mass is 16.2. The lowest BCUT2D eigenvalue weighted by molar-refractivity contribution is 0.0938. The van der Waals surface area contributed by atoms with Crippen LogP contribution in [0, 0.1) is 20.8 Å². The zero-order valence-electron chi connectivity index (χ0n) is 12.9. The Labute approximate surface area is 123 Å². The highest BCUT2D eigenvalue weighted by Crippen LogP contribution is 2.20. The van der Waals surface area contributed by atoms with Crippen molar-refractivity contribution >= 4 is 5.91 Å². The molecule has 6 nitrogen and oxygen atoms in total. The van der Waals surface area contributed by atoms with Crippen molar-refractivity contribution in [2.24, 2.45) is 7.05 Å². The second kappa shape index (κ2) is 5.55. The van der Waals surface area contributed by atoms with E-state index in [1.165, 1.54) is 0 Å². The zero-order valence-corrected chi connectivity index (χ0v) is 12.9. The van der Waals surface area contributed by atoms with Crippen LogP contribution < -0.4 is 10.9 Å². The van der Waals surface area contributed by atoms with E-state index in [0.29, 0.717) is 0 Å². The minimum Gasteiger partial charge on any atom is -0.345 e. The summed E-state index contributed by atoms with van der Waals surface area (Å²) in [6.07, 6.45) is 0. The van der Waals surface area contributed by atoms with E-state index in [2.05, 4.69) is 15.4 Å². The van der Waals surface area contributed by atoms with Gasteiger partial charge in [0.15, 0.2) is 0 Å². The topological polar surface area (TPSA) is 79.8 Å². The summed E-state index contributed by atoms with van der Waals surface area (Å²) in [5, 5.41) is 7.19. The van der Waals surface area contributed by atoms with Crippen LogP contribution in [0.5, 0.6) is 0 Å². The van der Waals surface area contributed by atoms with Crippen molar-refractivity contribution in [3.8, 4) is 0 Å². The number of rotatable bonds is 3. The number of H-pyrrole nitrogens is 1. The number of amides is 1. The number of pyridine rings is 1. The van der Waals surface area contributed by atoms with E-state index in [-0.39, 0.29) is 23.1 Å². The summed E-state index contributed by atoms with van der Waals surface area (Å²) >= 11 is 0. The van der Waals surface area contributed by atoms with Gasteiger partial charge in [0, 0.05) is 24.0 Å². The van der Waals surface area contributed by atoms with E-state index < -0.39 is 0 Å². The molecular weight excluding hydrogens is 268 g/mol. The maximum Gasteiger partial charge on any atom is 0.260 e. The van der Waals surface area contributed by atoms with Crippen molar-refractivity contribution in [3.05, 3.63) is 50.7 Å². The van der Waals surface area contributed by atoms with Gasteiger partial charge < -0.3 is 10.3 Å². The first-order chi connectivity index (χ1) is 9.81.